The molecule has 0 rings (SSSR count). The van der Waals surface area contributed by atoms with Crippen LogP contribution in [-0.2, 0) is 4.57 Å². The molecule has 0 radical (unpaired) electrons. The van der Waals surface area contributed by atoms with Gasteiger partial charge in [-0.15, -0.1) is 13.2 Å². The third-order valence-electron chi connectivity index (χ3n) is 2.94. The largest absolute Gasteiger partial charge is 0.391 e. The summed E-state index contributed by atoms with van der Waals surface area (Å²) >= 11 is 0. The summed E-state index contributed by atoms with van der Waals surface area (Å²) in [5.74, 6) is 0. The van der Waals surface area contributed by atoms with Crippen molar-refractivity contribution >= 4 is 7.14 Å². The first-order chi connectivity index (χ1) is 8.01. The van der Waals surface area contributed by atoms with Crippen molar-refractivity contribution in [3.63, 3.8) is 0 Å². The molecular formula is C13H26NO2P. The van der Waals surface area contributed by atoms with Crippen molar-refractivity contribution in [2.75, 3.05) is 38.1 Å². The Balaban J connectivity index is 4.30. The van der Waals surface area contributed by atoms with Crippen LogP contribution in [-0.4, -0.2) is 54.2 Å². The van der Waals surface area contributed by atoms with Gasteiger partial charge in [0.15, 0.2) is 0 Å². The zero-order valence-corrected chi connectivity index (χ0v) is 12.0. The van der Waals surface area contributed by atoms with E-state index >= 15 is 0 Å². The zero-order chi connectivity index (χ0) is 13.3. The highest BCUT2D eigenvalue weighted by atomic mass is 31.2. The van der Waals surface area contributed by atoms with Gasteiger partial charge in [0, 0.05) is 25.8 Å². The summed E-state index contributed by atoms with van der Waals surface area (Å²) in [6.45, 7) is 13.2. The molecule has 0 aliphatic heterocycles. The van der Waals surface area contributed by atoms with Crippen LogP contribution in [0.3, 0.4) is 0 Å². The van der Waals surface area contributed by atoms with E-state index in [1.807, 2.05) is 18.7 Å². The molecule has 0 saturated carbocycles. The highest BCUT2D eigenvalue weighted by Gasteiger charge is 2.22. The Morgan fingerprint density at radius 2 is 1.71 bits per heavy atom. The zero-order valence-electron chi connectivity index (χ0n) is 11.1. The fourth-order valence-corrected chi connectivity index (χ4v) is 3.66. The lowest BCUT2D eigenvalue weighted by atomic mass is 10.3. The van der Waals surface area contributed by atoms with Gasteiger partial charge in [0.25, 0.3) is 0 Å². The molecule has 1 atom stereocenters. The van der Waals surface area contributed by atoms with E-state index in [-0.39, 0.29) is 0 Å². The second kappa shape index (κ2) is 8.68. The van der Waals surface area contributed by atoms with Crippen LogP contribution >= 0.6 is 7.14 Å². The summed E-state index contributed by atoms with van der Waals surface area (Å²) in [5, 5.41) is 9.99. The molecule has 0 aliphatic rings. The first kappa shape index (κ1) is 16.6. The summed E-state index contributed by atoms with van der Waals surface area (Å²) in [6.07, 6.45) is 4.84. The van der Waals surface area contributed by atoms with E-state index in [9.17, 15) is 9.67 Å². The summed E-state index contributed by atoms with van der Waals surface area (Å²) < 4.78 is 12.2. The molecule has 1 unspecified atom stereocenters. The molecule has 0 heterocycles. The molecule has 0 spiro atoms. The van der Waals surface area contributed by atoms with Crippen LogP contribution in [0.25, 0.3) is 0 Å². The van der Waals surface area contributed by atoms with Gasteiger partial charge in [-0.3, -0.25) is 4.90 Å². The fraction of sp³-hybridized carbons (Fsp3) is 0.692. The Morgan fingerprint density at radius 1 is 1.24 bits per heavy atom. The number of nitrogens with zero attached hydrogens (tertiary/aromatic N) is 1. The second-order valence-electron chi connectivity index (χ2n) is 4.32. The summed E-state index contributed by atoms with van der Waals surface area (Å²) in [7, 11) is -2.16. The first-order valence-corrected chi connectivity index (χ1v) is 8.46. The summed E-state index contributed by atoms with van der Waals surface area (Å²) in [6, 6.07) is 0. The number of hydrogen-bond acceptors (Lipinski definition) is 3. The van der Waals surface area contributed by atoms with Crippen LogP contribution in [0.4, 0.5) is 0 Å². The Morgan fingerprint density at radius 3 is 2.06 bits per heavy atom. The minimum absolute atomic E-state index is 0.421. The average Bonchev–Trinajstić information content (AvgIpc) is 2.29. The highest BCUT2D eigenvalue weighted by Crippen LogP contribution is 2.44. The molecule has 4 heteroatoms. The van der Waals surface area contributed by atoms with Crippen molar-refractivity contribution in [3.8, 4) is 0 Å². The molecular weight excluding hydrogens is 233 g/mol. The van der Waals surface area contributed by atoms with Crippen LogP contribution in [0.2, 0.25) is 0 Å². The molecule has 17 heavy (non-hydrogen) atoms. The molecule has 0 aromatic heterocycles. The Hall–Kier alpha value is -0.370. The van der Waals surface area contributed by atoms with Gasteiger partial charge in [0.1, 0.15) is 0 Å². The van der Waals surface area contributed by atoms with Crippen LogP contribution < -0.4 is 0 Å². The highest BCUT2D eigenvalue weighted by molar-refractivity contribution is 7.63. The third kappa shape index (κ3) is 6.82. The second-order valence-corrected chi connectivity index (χ2v) is 8.07. The number of rotatable bonds is 10. The quantitative estimate of drug-likeness (QED) is 0.484. The predicted molar refractivity (Wildman–Crippen MR) is 76.4 cm³/mol. The van der Waals surface area contributed by atoms with Gasteiger partial charge < -0.3 is 9.67 Å². The van der Waals surface area contributed by atoms with Crippen molar-refractivity contribution < 1.29 is 9.67 Å². The van der Waals surface area contributed by atoms with Crippen molar-refractivity contribution in [3.05, 3.63) is 25.3 Å². The van der Waals surface area contributed by atoms with Crippen LogP contribution in [0, 0.1) is 0 Å². The summed E-state index contributed by atoms with van der Waals surface area (Å²) in [5.41, 5.74) is 0. The van der Waals surface area contributed by atoms with Gasteiger partial charge in [-0.1, -0.05) is 26.0 Å². The number of hydrogen-bond donors (Lipinski definition) is 1. The fourth-order valence-electron chi connectivity index (χ4n) is 1.81. The van der Waals surface area contributed by atoms with E-state index < -0.39 is 13.2 Å². The molecule has 100 valence electrons. The van der Waals surface area contributed by atoms with E-state index in [1.54, 1.807) is 12.2 Å². The molecule has 3 nitrogen and oxygen atoms in total. The van der Waals surface area contributed by atoms with Crippen LogP contribution in [0.1, 0.15) is 13.8 Å². The Labute approximate surface area is 106 Å². The van der Waals surface area contributed by atoms with Crippen molar-refractivity contribution in [1.29, 1.82) is 0 Å². The smallest absolute Gasteiger partial charge is 0.0897 e. The Kier molecular flexibility index (Phi) is 8.49. The van der Waals surface area contributed by atoms with Crippen LogP contribution in [0.5, 0.6) is 0 Å². The molecule has 0 amide bonds. The monoisotopic (exact) mass is 259 g/mol. The van der Waals surface area contributed by atoms with Crippen molar-refractivity contribution in [2.24, 2.45) is 0 Å². The Bertz CT molecular complexity index is 261. The first-order valence-electron chi connectivity index (χ1n) is 6.20. The molecule has 0 aliphatic carbocycles. The van der Waals surface area contributed by atoms with Gasteiger partial charge in [0.05, 0.1) is 13.2 Å². The van der Waals surface area contributed by atoms with Crippen molar-refractivity contribution in [1.82, 2.24) is 4.90 Å². The maximum Gasteiger partial charge on any atom is 0.0897 e. The van der Waals surface area contributed by atoms with E-state index in [1.165, 1.54) is 0 Å². The van der Waals surface area contributed by atoms with Gasteiger partial charge in [-0.05, 0) is 12.3 Å². The van der Waals surface area contributed by atoms with Gasteiger partial charge in [-0.25, -0.2) is 0 Å². The SMILES string of the molecule is C=CCN(CC=C)CC(O)CP(=O)(CC)CC. The molecule has 0 fully saturated rings. The van der Waals surface area contributed by atoms with Gasteiger partial charge >= 0.3 is 0 Å². The lowest BCUT2D eigenvalue weighted by Gasteiger charge is -2.24. The minimum Gasteiger partial charge on any atom is -0.391 e. The average molecular weight is 259 g/mol. The van der Waals surface area contributed by atoms with E-state index in [4.69, 9.17) is 0 Å². The van der Waals surface area contributed by atoms with E-state index in [2.05, 4.69) is 13.2 Å². The van der Waals surface area contributed by atoms with Crippen molar-refractivity contribution in [2.45, 2.75) is 20.0 Å². The van der Waals surface area contributed by atoms with E-state index in [0.29, 0.717) is 38.1 Å². The maximum atomic E-state index is 12.2. The number of aliphatic hydroxyl groups excluding tert-OH is 1. The summed E-state index contributed by atoms with van der Waals surface area (Å²) in [4.78, 5) is 2.04. The maximum absolute atomic E-state index is 12.2. The van der Waals surface area contributed by atoms with Gasteiger partial charge in [-0.2, -0.15) is 0 Å². The number of aliphatic hydroxyl groups is 1. The minimum atomic E-state index is -2.16. The topological polar surface area (TPSA) is 40.5 Å². The molecule has 0 aromatic carbocycles. The van der Waals surface area contributed by atoms with Gasteiger partial charge in [0.2, 0.25) is 0 Å². The third-order valence-corrected chi connectivity index (χ3v) is 6.33. The standard InChI is InChI=1S/C13H26NO2P/c1-5-9-14(10-6-2)11-13(15)12-17(16,7-3)8-4/h5-6,13,15H,1-2,7-12H2,3-4H3. The molecule has 1 N–H and O–H groups in total. The van der Waals surface area contributed by atoms with E-state index in [0.717, 1.165) is 0 Å². The lowest BCUT2D eigenvalue weighted by molar-refractivity contribution is 0.142. The van der Waals surface area contributed by atoms with Crippen LogP contribution in [0.15, 0.2) is 25.3 Å². The lowest BCUT2D eigenvalue weighted by Crippen LogP contribution is -2.34. The molecule has 0 saturated heterocycles. The predicted octanol–water partition coefficient (Wildman–Crippen LogP) is 2.42. The molecule has 0 bridgehead atoms. The normalized spacial score (nSPS) is 13.6. The molecule has 0 aromatic rings.